The van der Waals surface area contributed by atoms with Crippen molar-refractivity contribution in [2.45, 2.75) is 24.7 Å². The second-order valence-corrected chi connectivity index (χ2v) is 8.02. The number of rotatable bonds is 6. The van der Waals surface area contributed by atoms with Crippen LogP contribution in [0.5, 0.6) is 5.75 Å². The lowest BCUT2D eigenvalue weighted by Gasteiger charge is -2.21. The number of nitrogens with two attached hydrogens (primary N) is 1. The minimum absolute atomic E-state index is 0.161. The number of hydrogen-bond acceptors (Lipinski definition) is 5. The van der Waals surface area contributed by atoms with Gasteiger partial charge in [0.15, 0.2) is 0 Å². The van der Waals surface area contributed by atoms with E-state index >= 15 is 0 Å². The summed E-state index contributed by atoms with van der Waals surface area (Å²) in [6, 6.07) is 3.27. The fourth-order valence-electron chi connectivity index (χ4n) is 2.34. The summed E-state index contributed by atoms with van der Waals surface area (Å²) in [7, 11) is -3.60. The van der Waals surface area contributed by atoms with Crippen molar-refractivity contribution < 1.29 is 13.2 Å². The zero-order valence-corrected chi connectivity index (χ0v) is 14.0. The van der Waals surface area contributed by atoms with Gasteiger partial charge in [0.25, 0.3) is 0 Å². The normalized spacial score (nSPS) is 16.1. The van der Waals surface area contributed by atoms with Crippen molar-refractivity contribution in [3.63, 3.8) is 0 Å². The molecule has 1 aliphatic heterocycles. The minimum Gasteiger partial charge on any atom is -0.492 e. The molecule has 0 spiro atoms. The summed E-state index contributed by atoms with van der Waals surface area (Å²) in [5, 5.41) is 0. The van der Waals surface area contributed by atoms with E-state index in [1.54, 1.807) is 17.8 Å². The highest BCUT2D eigenvalue weighted by atomic mass is 32.2. The molecule has 1 unspecified atom stereocenters. The van der Waals surface area contributed by atoms with E-state index in [1.807, 2.05) is 13.2 Å². The summed E-state index contributed by atoms with van der Waals surface area (Å²) in [6.45, 7) is 2.97. The number of nitrogens with one attached hydrogen (secondary N) is 1. The molecule has 0 aromatic heterocycles. The Morgan fingerprint density at radius 3 is 2.95 bits per heavy atom. The molecule has 0 saturated heterocycles. The molecule has 3 N–H and O–H groups in total. The number of ether oxygens (including phenoxy) is 1. The maximum absolute atomic E-state index is 12.5. The van der Waals surface area contributed by atoms with Crippen LogP contribution < -0.4 is 15.2 Å². The number of aryl methyl sites for hydroxylation is 1. The molecule has 5 nitrogen and oxygen atoms in total. The van der Waals surface area contributed by atoms with E-state index in [4.69, 9.17) is 10.5 Å². The van der Waals surface area contributed by atoms with Crippen molar-refractivity contribution in [2.24, 2.45) is 5.92 Å². The van der Waals surface area contributed by atoms with Crippen LogP contribution in [0.1, 0.15) is 18.9 Å². The van der Waals surface area contributed by atoms with Crippen LogP contribution in [-0.2, 0) is 16.4 Å². The quantitative estimate of drug-likeness (QED) is 0.778. The number of hydrogen-bond donors (Lipinski definition) is 2. The Bertz CT molecular complexity index is 602. The lowest BCUT2D eigenvalue weighted by molar-refractivity contribution is 0.280. The maximum atomic E-state index is 12.5. The Balaban J connectivity index is 2.25. The molecule has 1 atom stereocenters. The Kier molecular flexibility index (Phi) is 5.40. The smallest absolute Gasteiger partial charge is 0.244 e. The van der Waals surface area contributed by atoms with Gasteiger partial charge in [-0.2, -0.15) is 11.8 Å². The Morgan fingerprint density at radius 2 is 2.24 bits per heavy atom. The van der Waals surface area contributed by atoms with Crippen molar-refractivity contribution in [3.05, 3.63) is 17.7 Å². The van der Waals surface area contributed by atoms with Crippen LogP contribution in [0.4, 0.5) is 5.69 Å². The van der Waals surface area contributed by atoms with Gasteiger partial charge in [0.1, 0.15) is 10.6 Å². The van der Waals surface area contributed by atoms with Crippen LogP contribution in [0.15, 0.2) is 17.0 Å². The van der Waals surface area contributed by atoms with E-state index in [9.17, 15) is 8.42 Å². The lowest BCUT2D eigenvalue weighted by atomic mass is 10.1. The van der Waals surface area contributed by atoms with Crippen LogP contribution in [0, 0.1) is 5.92 Å². The van der Waals surface area contributed by atoms with Gasteiger partial charge in [-0.1, -0.05) is 6.92 Å². The zero-order chi connectivity index (χ0) is 15.5. The summed E-state index contributed by atoms with van der Waals surface area (Å²) < 4.78 is 33.3. The summed E-state index contributed by atoms with van der Waals surface area (Å²) >= 11 is 1.70. The van der Waals surface area contributed by atoms with Gasteiger partial charge in [-0.05, 0) is 48.5 Å². The molecule has 0 saturated carbocycles. The topological polar surface area (TPSA) is 81.4 Å². The predicted molar refractivity (Wildman–Crippen MR) is 87.4 cm³/mol. The SMILES string of the molecule is CSCC(C)CNS(=O)(=O)c1cc(N)cc2c1OCCC2. The maximum Gasteiger partial charge on any atom is 0.244 e. The molecule has 0 radical (unpaired) electrons. The van der Waals surface area contributed by atoms with Crippen molar-refractivity contribution in [1.82, 2.24) is 4.72 Å². The fraction of sp³-hybridized carbons (Fsp3) is 0.571. The fourth-order valence-corrected chi connectivity index (χ4v) is 4.41. The molecule has 21 heavy (non-hydrogen) atoms. The van der Waals surface area contributed by atoms with Gasteiger partial charge < -0.3 is 10.5 Å². The third-order valence-corrected chi connectivity index (χ3v) is 5.68. The summed E-state index contributed by atoms with van der Waals surface area (Å²) in [5.41, 5.74) is 7.16. The Morgan fingerprint density at radius 1 is 1.48 bits per heavy atom. The highest BCUT2D eigenvalue weighted by Gasteiger charge is 2.25. The number of benzene rings is 1. The number of nitrogen functional groups attached to an aromatic ring is 1. The van der Waals surface area contributed by atoms with Crippen LogP contribution >= 0.6 is 11.8 Å². The van der Waals surface area contributed by atoms with Gasteiger partial charge in [0, 0.05) is 12.2 Å². The molecule has 0 fully saturated rings. The highest BCUT2D eigenvalue weighted by Crippen LogP contribution is 2.34. The molecule has 7 heteroatoms. The molecule has 0 aliphatic carbocycles. The summed E-state index contributed by atoms with van der Waals surface area (Å²) in [5.74, 6) is 1.64. The van der Waals surface area contributed by atoms with Crippen LogP contribution in [0.3, 0.4) is 0 Å². The van der Waals surface area contributed by atoms with Crippen LogP contribution in [0.2, 0.25) is 0 Å². The molecule has 0 amide bonds. The average molecular weight is 330 g/mol. The average Bonchev–Trinajstić information content (AvgIpc) is 2.44. The molecule has 0 bridgehead atoms. The predicted octanol–water partition coefficient (Wildman–Crippen LogP) is 1.87. The second kappa shape index (κ2) is 6.89. The largest absolute Gasteiger partial charge is 0.492 e. The molecule has 118 valence electrons. The minimum atomic E-state index is -3.60. The zero-order valence-electron chi connectivity index (χ0n) is 12.4. The van der Waals surface area contributed by atoms with Crippen LogP contribution in [-0.4, -0.2) is 33.6 Å². The van der Waals surface area contributed by atoms with Gasteiger partial charge in [0.2, 0.25) is 10.0 Å². The third kappa shape index (κ3) is 4.05. The third-order valence-electron chi connectivity index (χ3n) is 3.35. The van der Waals surface area contributed by atoms with Gasteiger partial charge in [-0.25, -0.2) is 13.1 Å². The molecule has 1 heterocycles. The number of fused-ring (bicyclic) bond motifs is 1. The first-order chi connectivity index (χ1) is 9.94. The lowest BCUT2D eigenvalue weighted by Crippen LogP contribution is -2.30. The van der Waals surface area contributed by atoms with E-state index in [-0.39, 0.29) is 10.8 Å². The van der Waals surface area contributed by atoms with Gasteiger partial charge in [0.05, 0.1) is 6.61 Å². The first-order valence-electron chi connectivity index (χ1n) is 6.98. The van der Waals surface area contributed by atoms with E-state index in [1.165, 1.54) is 6.07 Å². The molecule has 2 rings (SSSR count). The van der Waals surface area contributed by atoms with Crippen molar-refractivity contribution in [1.29, 1.82) is 0 Å². The van der Waals surface area contributed by atoms with E-state index in [0.29, 0.717) is 24.6 Å². The second-order valence-electron chi connectivity index (χ2n) is 5.37. The van der Waals surface area contributed by atoms with Crippen molar-refractivity contribution in [3.8, 4) is 5.75 Å². The number of thioether (sulfide) groups is 1. The number of sulfonamides is 1. The molecule has 1 aliphatic rings. The van der Waals surface area contributed by atoms with Crippen molar-refractivity contribution >= 4 is 27.5 Å². The summed E-state index contributed by atoms with van der Waals surface area (Å²) in [4.78, 5) is 0.161. The summed E-state index contributed by atoms with van der Waals surface area (Å²) in [6.07, 6.45) is 3.69. The standard InChI is InChI=1S/C14H22N2O3S2/c1-10(9-20-2)8-16-21(17,18)13-7-12(15)6-11-4-3-5-19-14(11)13/h6-7,10,16H,3-5,8-9,15H2,1-2H3. The first kappa shape index (κ1) is 16.5. The molecular formula is C14H22N2O3S2. The van der Waals surface area contributed by atoms with E-state index in [0.717, 1.165) is 24.2 Å². The Hall–Kier alpha value is -0.920. The van der Waals surface area contributed by atoms with Crippen molar-refractivity contribution in [2.75, 3.05) is 30.9 Å². The number of anilines is 1. The first-order valence-corrected chi connectivity index (χ1v) is 9.85. The molecule has 1 aromatic carbocycles. The Labute approximate surface area is 130 Å². The molecule has 1 aromatic rings. The van der Waals surface area contributed by atoms with Gasteiger partial charge in [-0.3, -0.25) is 0 Å². The van der Waals surface area contributed by atoms with Gasteiger partial charge in [-0.15, -0.1) is 0 Å². The van der Waals surface area contributed by atoms with E-state index in [2.05, 4.69) is 4.72 Å². The molecular weight excluding hydrogens is 308 g/mol. The van der Waals surface area contributed by atoms with Gasteiger partial charge >= 0.3 is 0 Å². The van der Waals surface area contributed by atoms with E-state index < -0.39 is 10.0 Å². The highest BCUT2D eigenvalue weighted by molar-refractivity contribution is 7.98. The monoisotopic (exact) mass is 330 g/mol. The van der Waals surface area contributed by atoms with Crippen LogP contribution in [0.25, 0.3) is 0 Å².